The minimum atomic E-state index is -0.158. The van der Waals surface area contributed by atoms with Gasteiger partial charge in [-0.15, -0.1) is 0 Å². The molecule has 0 fully saturated rings. The molecule has 1 aromatic heterocycles. The van der Waals surface area contributed by atoms with Gasteiger partial charge in [0.05, 0.1) is 0 Å². The summed E-state index contributed by atoms with van der Waals surface area (Å²) in [6, 6.07) is 67.0. The van der Waals surface area contributed by atoms with Gasteiger partial charge in [0.15, 0.2) is 0 Å². The SMILES string of the molecule is CC1(C)c2ccccc2-c2ccc3c(oc4c5ccccc5c(-c5ccc(-c6c7ccccc7c(-c7cccc8ccccc78)c7ccccc67)cc5)cc34)c21. The Hall–Kier alpha value is -6.96. The van der Waals surface area contributed by atoms with Crippen molar-refractivity contribution >= 4 is 65.0 Å². The van der Waals surface area contributed by atoms with Crippen LogP contribution in [0.15, 0.2) is 186 Å². The Balaban J connectivity index is 1.05. The number of fused-ring (bicyclic) bond motifs is 12. The molecular formula is C55H36O. The first-order valence-corrected chi connectivity index (χ1v) is 19.6. The number of hydrogen-bond donors (Lipinski definition) is 0. The lowest BCUT2D eigenvalue weighted by atomic mass is 9.82. The van der Waals surface area contributed by atoms with E-state index in [0.717, 1.165) is 21.9 Å². The fraction of sp³-hybridized carbons (Fsp3) is 0.0545. The van der Waals surface area contributed by atoms with Crippen LogP contribution < -0.4 is 0 Å². The molecule has 1 aliphatic carbocycles. The van der Waals surface area contributed by atoms with Crippen molar-refractivity contribution < 1.29 is 4.42 Å². The van der Waals surface area contributed by atoms with Gasteiger partial charge in [0.25, 0.3) is 0 Å². The predicted molar refractivity (Wildman–Crippen MR) is 238 cm³/mol. The van der Waals surface area contributed by atoms with E-state index in [4.69, 9.17) is 4.42 Å². The molecule has 0 amide bonds. The van der Waals surface area contributed by atoms with Crippen molar-refractivity contribution in [2.75, 3.05) is 0 Å². The van der Waals surface area contributed by atoms with Crippen LogP contribution in [0.3, 0.4) is 0 Å². The van der Waals surface area contributed by atoms with Gasteiger partial charge in [-0.25, -0.2) is 0 Å². The monoisotopic (exact) mass is 712 g/mol. The minimum absolute atomic E-state index is 0.158. The number of benzene rings is 10. The van der Waals surface area contributed by atoms with Crippen LogP contribution in [-0.2, 0) is 5.41 Å². The van der Waals surface area contributed by atoms with E-state index in [0.29, 0.717) is 0 Å². The van der Waals surface area contributed by atoms with Crippen molar-refractivity contribution in [3.63, 3.8) is 0 Å². The number of hydrogen-bond acceptors (Lipinski definition) is 1. The highest BCUT2D eigenvalue weighted by Crippen LogP contribution is 2.53. The summed E-state index contributed by atoms with van der Waals surface area (Å²) in [6.07, 6.45) is 0. The predicted octanol–water partition coefficient (Wildman–Crippen LogP) is 15.5. The molecular weight excluding hydrogens is 677 g/mol. The van der Waals surface area contributed by atoms with Gasteiger partial charge in [-0.1, -0.05) is 184 Å². The van der Waals surface area contributed by atoms with Crippen molar-refractivity contribution in [3.8, 4) is 44.5 Å². The second-order valence-corrected chi connectivity index (χ2v) is 15.9. The molecule has 0 bridgehead atoms. The van der Waals surface area contributed by atoms with Crippen molar-refractivity contribution in [1.82, 2.24) is 0 Å². The molecule has 0 aliphatic heterocycles. The van der Waals surface area contributed by atoms with Gasteiger partial charge in [-0.2, -0.15) is 0 Å². The van der Waals surface area contributed by atoms with Gasteiger partial charge >= 0.3 is 0 Å². The van der Waals surface area contributed by atoms with Gasteiger partial charge in [0, 0.05) is 27.1 Å². The summed E-state index contributed by atoms with van der Waals surface area (Å²) < 4.78 is 6.99. The lowest BCUT2D eigenvalue weighted by molar-refractivity contribution is 0.621. The third-order valence-corrected chi connectivity index (χ3v) is 12.6. The third kappa shape index (κ3) is 4.26. The Bertz CT molecular complexity index is 3370. The maximum absolute atomic E-state index is 6.99. The average Bonchev–Trinajstić information content (AvgIpc) is 3.74. The summed E-state index contributed by atoms with van der Waals surface area (Å²) in [7, 11) is 0. The summed E-state index contributed by atoms with van der Waals surface area (Å²) in [6.45, 7) is 4.66. The molecule has 11 aromatic rings. The van der Waals surface area contributed by atoms with Crippen molar-refractivity contribution in [3.05, 3.63) is 193 Å². The lowest BCUT2D eigenvalue weighted by Crippen LogP contribution is -2.15. The maximum atomic E-state index is 6.99. The zero-order valence-electron chi connectivity index (χ0n) is 31.2. The van der Waals surface area contributed by atoms with Gasteiger partial charge < -0.3 is 4.42 Å². The molecule has 1 aliphatic rings. The molecule has 12 rings (SSSR count). The van der Waals surface area contributed by atoms with Gasteiger partial charge in [-0.05, 0) is 99.9 Å². The lowest BCUT2D eigenvalue weighted by Gasteiger charge is -2.21. The molecule has 0 saturated heterocycles. The number of furan rings is 1. The smallest absolute Gasteiger partial charge is 0.143 e. The molecule has 1 heterocycles. The molecule has 0 spiro atoms. The first-order chi connectivity index (χ1) is 27.6. The van der Waals surface area contributed by atoms with Crippen LogP contribution >= 0.6 is 0 Å². The molecule has 56 heavy (non-hydrogen) atoms. The van der Waals surface area contributed by atoms with Crippen LogP contribution in [-0.4, -0.2) is 0 Å². The number of rotatable bonds is 3. The molecule has 1 nitrogen and oxygen atoms in total. The van der Waals surface area contributed by atoms with E-state index in [9.17, 15) is 0 Å². The van der Waals surface area contributed by atoms with Crippen LogP contribution in [0, 0.1) is 0 Å². The van der Waals surface area contributed by atoms with Crippen molar-refractivity contribution in [1.29, 1.82) is 0 Å². The van der Waals surface area contributed by atoms with E-state index in [1.165, 1.54) is 98.7 Å². The maximum Gasteiger partial charge on any atom is 0.143 e. The fourth-order valence-electron chi connectivity index (χ4n) is 10.1. The largest absolute Gasteiger partial charge is 0.455 e. The van der Waals surface area contributed by atoms with E-state index in [1.54, 1.807) is 0 Å². The van der Waals surface area contributed by atoms with Crippen LogP contribution in [0.4, 0.5) is 0 Å². The Kier molecular flexibility index (Phi) is 6.46. The standard InChI is InChI=1S/C55H36O/c1-55(2)49-25-12-11-18-38(49)44-30-31-46-48-32-47(37-17-5-10-23-45(37)53(48)56-54(46)52(44)55)34-26-28-35(29-27-34)50-40-19-6-8-21-42(40)51(43-22-9-7-20-41(43)50)39-24-13-15-33-14-3-4-16-36(33)39/h3-32H,1-2H3. The van der Waals surface area contributed by atoms with Crippen molar-refractivity contribution in [2.45, 2.75) is 19.3 Å². The highest BCUT2D eigenvalue weighted by molar-refractivity contribution is 6.24. The Morgan fingerprint density at radius 1 is 0.339 bits per heavy atom. The summed E-state index contributed by atoms with van der Waals surface area (Å²) in [5.74, 6) is 0. The average molecular weight is 713 g/mol. The zero-order chi connectivity index (χ0) is 37.1. The molecule has 10 aromatic carbocycles. The van der Waals surface area contributed by atoms with E-state index < -0.39 is 0 Å². The first kappa shape index (κ1) is 31.4. The van der Waals surface area contributed by atoms with E-state index in [2.05, 4.69) is 196 Å². The molecule has 0 atom stereocenters. The molecule has 262 valence electrons. The second-order valence-electron chi connectivity index (χ2n) is 15.9. The quantitative estimate of drug-likeness (QED) is 0.166. The normalized spacial score (nSPS) is 13.3. The molecule has 0 saturated carbocycles. The first-order valence-electron chi connectivity index (χ1n) is 19.6. The molecule has 0 N–H and O–H groups in total. The Labute approximate surface area is 325 Å². The van der Waals surface area contributed by atoms with Crippen molar-refractivity contribution in [2.24, 2.45) is 0 Å². The Morgan fingerprint density at radius 2 is 0.875 bits per heavy atom. The van der Waals surface area contributed by atoms with E-state index in [1.807, 2.05) is 0 Å². The molecule has 1 heteroatoms. The van der Waals surface area contributed by atoms with Gasteiger partial charge in [-0.3, -0.25) is 0 Å². The topological polar surface area (TPSA) is 13.1 Å². The van der Waals surface area contributed by atoms with Crippen LogP contribution in [0.2, 0.25) is 0 Å². The molecule has 0 radical (unpaired) electrons. The zero-order valence-corrected chi connectivity index (χ0v) is 31.2. The fourth-order valence-corrected chi connectivity index (χ4v) is 10.1. The van der Waals surface area contributed by atoms with E-state index >= 15 is 0 Å². The van der Waals surface area contributed by atoms with Crippen LogP contribution in [0.25, 0.3) is 110 Å². The minimum Gasteiger partial charge on any atom is -0.455 e. The third-order valence-electron chi connectivity index (χ3n) is 12.6. The highest BCUT2D eigenvalue weighted by atomic mass is 16.3. The van der Waals surface area contributed by atoms with Gasteiger partial charge in [0.1, 0.15) is 11.2 Å². The summed E-state index contributed by atoms with van der Waals surface area (Å²) in [4.78, 5) is 0. The Morgan fingerprint density at radius 3 is 1.61 bits per heavy atom. The van der Waals surface area contributed by atoms with Gasteiger partial charge in [0.2, 0.25) is 0 Å². The van der Waals surface area contributed by atoms with E-state index in [-0.39, 0.29) is 5.41 Å². The highest BCUT2D eigenvalue weighted by Gasteiger charge is 2.38. The summed E-state index contributed by atoms with van der Waals surface area (Å²) >= 11 is 0. The molecule has 0 unspecified atom stereocenters. The van der Waals surface area contributed by atoms with Crippen LogP contribution in [0.5, 0.6) is 0 Å². The van der Waals surface area contributed by atoms with Crippen LogP contribution in [0.1, 0.15) is 25.0 Å². The summed E-state index contributed by atoms with van der Waals surface area (Å²) in [5, 5.41) is 12.3. The second kappa shape index (κ2) is 11.5. The summed E-state index contributed by atoms with van der Waals surface area (Å²) in [5.41, 5.74) is 14.5.